The molecule has 20 heavy (non-hydrogen) atoms. The minimum atomic E-state index is -0.559. The summed E-state index contributed by atoms with van der Waals surface area (Å²) in [5, 5.41) is 20.8. The molecule has 0 aromatic carbocycles. The Labute approximate surface area is 116 Å². The van der Waals surface area contributed by atoms with Crippen LogP contribution in [0.25, 0.3) is 5.65 Å². The number of anilines is 1. The predicted molar refractivity (Wildman–Crippen MR) is 73.5 cm³/mol. The van der Waals surface area contributed by atoms with E-state index in [1.54, 1.807) is 5.48 Å². The number of pyridine rings is 1. The first-order valence-electron chi connectivity index (χ1n) is 6.48. The third-order valence-electron chi connectivity index (χ3n) is 2.99. The van der Waals surface area contributed by atoms with Gasteiger partial charge < -0.3 is 10.4 Å². The number of amides is 1. The van der Waals surface area contributed by atoms with Crippen molar-refractivity contribution in [3.8, 4) is 0 Å². The predicted octanol–water partition coefficient (Wildman–Crippen LogP) is 0.696. The van der Waals surface area contributed by atoms with Gasteiger partial charge in [0.05, 0.1) is 13.2 Å². The fraction of sp³-hybridized carbons (Fsp3) is 0.385. The van der Waals surface area contributed by atoms with Crippen molar-refractivity contribution in [2.75, 3.05) is 11.9 Å². The summed E-state index contributed by atoms with van der Waals surface area (Å²) in [5.74, 6) is 0.0203. The molecule has 0 spiro atoms. The second-order valence-corrected chi connectivity index (χ2v) is 4.41. The minimum Gasteiger partial charge on any atom is -0.390 e. The highest BCUT2D eigenvalue weighted by Crippen LogP contribution is 2.21. The molecule has 108 valence electrons. The van der Waals surface area contributed by atoms with Crippen LogP contribution in [0.3, 0.4) is 0 Å². The van der Waals surface area contributed by atoms with Crippen molar-refractivity contribution in [1.82, 2.24) is 14.9 Å². The van der Waals surface area contributed by atoms with Gasteiger partial charge in [-0.3, -0.25) is 14.4 Å². The average Bonchev–Trinajstić information content (AvgIpc) is 2.83. The van der Waals surface area contributed by atoms with Crippen LogP contribution in [0.2, 0.25) is 0 Å². The molecule has 4 N–H and O–H groups in total. The Bertz CT molecular complexity index is 609. The zero-order chi connectivity index (χ0) is 14.5. The molecule has 0 radical (unpaired) electrons. The molecule has 1 amide bonds. The number of hydrogen-bond donors (Lipinski definition) is 4. The third kappa shape index (κ3) is 2.73. The first-order valence-corrected chi connectivity index (χ1v) is 6.48. The summed E-state index contributed by atoms with van der Waals surface area (Å²) in [4.78, 5) is 15.5. The summed E-state index contributed by atoms with van der Waals surface area (Å²) in [6, 6.07) is 5.74. The van der Waals surface area contributed by atoms with Gasteiger partial charge in [-0.25, -0.2) is 10.5 Å². The van der Waals surface area contributed by atoms with E-state index in [2.05, 4.69) is 17.2 Å². The van der Waals surface area contributed by atoms with Gasteiger partial charge >= 0.3 is 0 Å². The maximum absolute atomic E-state index is 11.1. The number of carbonyl (C=O) groups excluding carboxylic acids is 1. The number of aryl methyl sites for hydroxylation is 1. The molecular weight excluding hydrogens is 260 g/mol. The second-order valence-electron chi connectivity index (χ2n) is 4.41. The summed E-state index contributed by atoms with van der Waals surface area (Å²) in [7, 11) is 0. The highest BCUT2D eigenvalue weighted by molar-refractivity contribution is 5.79. The highest BCUT2D eigenvalue weighted by atomic mass is 16.5. The van der Waals surface area contributed by atoms with Gasteiger partial charge in [-0.2, -0.15) is 0 Å². The molecule has 2 rings (SSSR count). The lowest BCUT2D eigenvalue weighted by Crippen LogP contribution is -2.27. The molecule has 0 saturated carbocycles. The number of fused-ring (bicyclic) bond motifs is 1. The van der Waals surface area contributed by atoms with E-state index in [1.807, 2.05) is 22.6 Å². The van der Waals surface area contributed by atoms with E-state index in [-0.39, 0.29) is 13.2 Å². The molecule has 0 aliphatic rings. The van der Waals surface area contributed by atoms with Crippen molar-refractivity contribution in [3.63, 3.8) is 0 Å². The Hall–Kier alpha value is -2.12. The van der Waals surface area contributed by atoms with Crippen LogP contribution in [-0.2, 0) is 17.8 Å². The van der Waals surface area contributed by atoms with Gasteiger partial charge in [0.15, 0.2) is 0 Å². The van der Waals surface area contributed by atoms with Crippen molar-refractivity contribution in [2.24, 2.45) is 0 Å². The fourth-order valence-corrected chi connectivity index (χ4v) is 2.15. The summed E-state index contributed by atoms with van der Waals surface area (Å²) in [6.07, 6.45) is 1.84. The molecule has 0 saturated heterocycles. The van der Waals surface area contributed by atoms with Crippen LogP contribution < -0.4 is 10.8 Å². The van der Waals surface area contributed by atoms with Crippen LogP contribution in [0.4, 0.5) is 5.82 Å². The average molecular weight is 278 g/mol. The normalized spacial score (nSPS) is 10.8. The molecule has 0 aliphatic carbocycles. The molecule has 2 heterocycles. The summed E-state index contributed by atoms with van der Waals surface area (Å²) >= 11 is 0. The molecule has 0 fully saturated rings. The number of hydroxylamine groups is 1. The third-order valence-corrected chi connectivity index (χ3v) is 2.99. The summed E-state index contributed by atoms with van der Waals surface area (Å²) < 4.78 is 1.89. The van der Waals surface area contributed by atoms with Gasteiger partial charge in [-0.15, -0.1) is 0 Å². The molecule has 0 bridgehead atoms. The van der Waals surface area contributed by atoms with Crippen LogP contribution in [0.1, 0.15) is 24.7 Å². The van der Waals surface area contributed by atoms with E-state index in [1.165, 1.54) is 0 Å². The van der Waals surface area contributed by atoms with Gasteiger partial charge in [0.2, 0.25) is 0 Å². The summed E-state index contributed by atoms with van der Waals surface area (Å²) in [5.41, 5.74) is 3.79. The number of rotatable bonds is 6. The lowest BCUT2D eigenvalue weighted by atomic mass is 10.2. The van der Waals surface area contributed by atoms with Gasteiger partial charge in [0, 0.05) is 5.69 Å². The van der Waals surface area contributed by atoms with Crippen molar-refractivity contribution in [3.05, 3.63) is 29.6 Å². The van der Waals surface area contributed by atoms with Crippen molar-refractivity contribution >= 4 is 17.4 Å². The van der Waals surface area contributed by atoms with Gasteiger partial charge in [0.1, 0.15) is 17.2 Å². The Morgan fingerprint density at radius 2 is 2.25 bits per heavy atom. The summed E-state index contributed by atoms with van der Waals surface area (Å²) in [6.45, 7) is 1.75. The molecule has 2 aromatic heterocycles. The number of aromatic nitrogens is 2. The van der Waals surface area contributed by atoms with E-state index >= 15 is 0 Å². The number of carbonyl (C=O) groups is 1. The first-order chi connectivity index (χ1) is 9.71. The number of aliphatic hydroxyl groups is 1. The maximum Gasteiger partial charge on any atom is 0.262 e. The fourth-order valence-electron chi connectivity index (χ4n) is 2.15. The monoisotopic (exact) mass is 278 g/mol. The molecule has 7 nitrogen and oxygen atoms in total. The molecular formula is C13H18N4O3. The van der Waals surface area contributed by atoms with E-state index in [0.29, 0.717) is 17.2 Å². The van der Waals surface area contributed by atoms with Crippen LogP contribution in [0, 0.1) is 0 Å². The molecule has 7 heteroatoms. The first kappa shape index (κ1) is 14.3. The molecule has 0 aliphatic heterocycles. The van der Waals surface area contributed by atoms with E-state index in [0.717, 1.165) is 18.5 Å². The largest absolute Gasteiger partial charge is 0.390 e. The van der Waals surface area contributed by atoms with Crippen LogP contribution in [-0.4, -0.2) is 32.2 Å². The van der Waals surface area contributed by atoms with Crippen molar-refractivity contribution in [1.29, 1.82) is 0 Å². The smallest absolute Gasteiger partial charge is 0.262 e. The van der Waals surface area contributed by atoms with Gasteiger partial charge in [-0.05, 0) is 18.6 Å². The highest BCUT2D eigenvalue weighted by Gasteiger charge is 2.14. The Morgan fingerprint density at radius 1 is 1.45 bits per heavy atom. The van der Waals surface area contributed by atoms with Crippen LogP contribution in [0.5, 0.6) is 0 Å². The standard InChI is InChI=1S/C13H18N4O3/c1-2-4-9-5-3-6-11-15-10(8-18)13(17(9)11)14-7-12(19)16-20/h3,5-6,14,18,20H,2,4,7-8H2,1H3,(H,16,19). The lowest BCUT2D eigenvalue weighted by molar-refractivity contribution is -0.127. The Balaban J connectivity index is 2.45. The van der Waals surface area contributed by atoms with Gasteiger partial charge in [0.25, 0.3) is 5.91 Å². The SMILES string of the molecule is CCCc1cccc2nc(CO)c(NCC(=O)NO)n12. The Kier molecular flexibility index (Phi) is 4.54. The van der Waals surface area contributed by atoms with Crippen molar-refractivity contribution in [2.45, 2.75) is 26.4 Å². The van der Waals surface area contributed by atoms with E-state index < -0.39 is 5.91 Å². The van der Waals surface area contributed by atoms with Gasteiger partial charge in [-0.1, -0.05) is 19.4 Å². The lowest BCUT2D eigenvalue weighted by Gasteiger charge is -2.10. The molecule has 2 aromatic rings. The quantitative estimate of drug-likeness (QED) is 0.460. The number of aliphatic hydroxyl groups excluding tert-OH is 1. The maximum atomic E-state index is 11.1. The van der Waals surface area contributed by atoms with Crippen molar-refractivity contribution < 1.29 is 15.1 Å². The van der Waals surface area contributed by atoms with E-state index in [9.17, 15) is 9.90 Å². The molecule has 0 atom stereocenters. The number of nitrogens with zero attached hydrogens (tertiary/aromatic N) is 2. The number of hydrogen-bond acceptors (Lipinski definition) is 5. The minimum absolute atomic E-state index is 0.0995. The zero-order valence-corrected chi connectivity index (χ0v) is 11.3. The van der Waals surface area contributed by atoms with E-state index in [4.69, 9.17) is 5.21 Å². The van der Waals surface area contributed by atoms with Crippen LogP contribution >= 0.6 is 0 Å². The Morgan fingerprint density at radius 3 is 2.90 bits per heavy atom. The number of nitrogens with one attached hydrogen (secondary N) is 2. The number of imidazole rings is 1. The molecule has 0 unspecified atom stereocenters. The topological polar surface area (TPSA) is 98.9 Å². The zero-order valence-electron chi connectivity index (χ0n) is 11.3. The second kappa shape index (κ2) is 6.36. The van der Waals surface area contributed by atoms with Crippen LogP contribution in [0.15, 0.2) is 18.2 Å².